The lowest BCUT2D eigenvalue weighted by Gasteiger charge is -2.49. The number of ketones is 1. The standard InChI is InChI=1S/C27H32O5/c1-14-11-18-20-19(25(20,4)5)12-16(3)26(22(18)29)13-15(2)21(28)27(26,31)23(14)32-24(30)17-9-7-6-8-10-17/h6-11,13,16,18-21,23,28,31H,12H2,1-5H3/t16-,18+,19-,20+,21+,23-,26?,27-/m1/s1. The normalized spacial score (nSPS) is 43.8. The molecule has 0 amide bonds. The lowest BCUT2D eigenvalue weighted by molar-refractivity contribution is -0.189. The summed E-state index contributed by atoms with van der Waals surface area (Å²) in [4.78, 5) is 27.3. The third-order valence-electron chi connectivity index (χ3n) is 9.08. The summed E-state index contributed by atoms with van der Waals surface area (Å²) in [6.07, 6.45) is 2.04. The van der Waals surface area contributed by atoms with Crippen LogP contribution in [0, 0.1) is 34.5 Å². The Morgan fingerprint density at radius 3 is 2.44 bits per heavy atom. The van der Waals surface area contributed by atoms with Gasteiger partial charge in [-0.1, -0.05) is 51.1 Å². The summed E-state index contributed by atoms with van der Waals surface area (Å²) in [5.74, 6) is -0.647. The molecule has 0 radical (unpaired) electrons. The van der Waals surface area contributed by atoms with Gasteiger partial charge in [-0.2, -0.15) is 0 Å². The third kappa shape index (κ3) is 2.47. The van der Waals surface area contributed by atoms with Gasteiger partial charge in [0, 0.05) is 5.92 Å². The number of carbonyl (C=O) groups excluding carboxylic acids is 2. The Morgan fingerprint density at radius 1 is 1.12 bits per heavy atom. The fourth-order valence-electron chi connectivity index (χ4n) is 7.32. The number of esters is 1. The Kier molecular flexibility index (Phi) is 4.48. The Labute approximate surface area is 189 Å². The summed E-state index contributed by atoms with van der Waals surface area (Å²) in [5, 5.41) is 23.6. The van der Waals surface area contributed by atoms with Crippen LogP contribution in [0.1, 0.15) is 51.4 Å². The topological polar surface area (TPSA) is 83.8 Å². The number of ether oxygens (including phenoxy) is 1. The van der Waals surface area contributed by atoms with Crippen molar-refractivity contribution in [2.45, 2.75) is 58.8 Å². The van der Waals surface area contributed by atoms with E-state index in [1.165, 1.54) is 0 Å². The van der Waals surface area contributed by atoms with Crippen LogP contribution in [0.15, 0.2) is 53.6 Å². The molecule has 4 aliphatic carbocycles. The molecule has 1 spiro atoms. The highest BCUT2D eigenvalue weighted by Crippen LogP contribution is 2.71. The van der Waals surface area contributed by atoms with E-state index in [-0.39, 0.29) is 29.0 Å². The molecule has 1 aromatic carbocycles. The first kappa shape index (κ1) is 21.6. The van der Waals surface area contributed by atoms with Crippen molar-refractivity contribution in [1.82, 2.24) is 0 Å². The summed E-state index contributed by atoms with van der Waals surface area (Å²) < 4.78 is 5.94. The molecule has 0 aliphatic heterocycles. The van der Waals surface area contributed by atoms with Crippen LogP contribution in [0.3, 0.4) is 0 Å². The highest BCUT2D eigenvalue weighted by molar-refractivity contribution is 5.96. The average Bonchev–Trinajstić information content (AvgIpc) is 3.26. The van der Waals surface area contributed by atoms with Crippen molar-refractivity contribution < 1.29 is 24.5 Å². The maximum atomic E-state index is 14.2. The van der Waals surface area contributed by atoms with Gasteiger partial charge in [0.15, 0.2) is 17.5 Å². The predicted molar refractivity (Wildman–Crippen MR) is 120 cm³/mol. The van der Waals surface area contributed by atoms with Crippen LogP contribution >= 0.6 is 0 Å². The lowest BCUT2D eigenvalue weighted by Crippen LogP contribution is -2.65. The fraction of sp³-hybridized carbons (Fsp3) is 0.556. The van der Waals surface area contributed by atoms with Crippen molar-refractivity contribution in [3.63, 3.8) is 0 Å². The van der Waals surface area contributed by atoms with Crippen LogP contribution in [-0.4, -0.2) is 39.8 Å². The molecule has 2 bridgehead atoms. The Hall–Kier alpha value is -2.24. The van der Waals surface area contributed by atoms with Gasteiger partial charge in [0.25, 0.3) is 0 Å². The van der Waals surface area contributed by atoms with Crippen molar-refractivity contribution >= 4 is 11.8 Å². The Morgan fingerprint density at radius 2 is 1.78 bits per heavy atom. The number of hydrogen-bond acceptors (Lipinski definition) is 5. The minimum absolute atomic E-state index is 0.0433. The maximum Gasteiger partial charge on any atom is 0.338 e. The number of fused-ring (bicyclic) bond motifs is 3. The Balaban J connectivity index is 1.68. The second-order valence-electron chi connectivity index (χ2n) is 11.0. The van der Waals surface area contributed by atoms with Gasteiger partial charge in [0.1, 0.15) is 6.10 Å². The number of carbonyl (C=O) groups is 2. The van der Waals surface area contributed by atoms with E-state index in [2.05, 4.69) is 13.8 Å². The molecule has 0 heterocycles. The maximum absolute atomic E-state index is 14.2. The molecule has 4 aliphatic rings. The van der Waals surface area contributed by atoms with E-state index in [0.717, 1.165) is 6.42 Å². The van der Waals surface area contributed by atoms with E-state index in [4.69, 9.17) is 4.74 Å². The number of hydrogen-bond donors (Lipinski definition) is 2. The minimum Gasteiger partial charge on any atom is -0.451 e. The quantitative estimate of drug-likeness (QED) is 0.546. The largest absolute Gasteiger partial charge is 0.451 e. The molecular weight excluding hydrogens is 404 g/mol. The molecule has 5 heteroatoms. The first-order valence-corrected chi connectivity index (χ1v) is 11.6. The summed E-state index contributed by atoms with van der Waals surface area (Å²) in [5.41, 5.74) is -1.68. The van der Waals surface area contributed by atoms with Crippen molar-refractivity contribution in [3.05, 3.63) is 59.2 Å². The fourth-order valence-corrected chi connectivity index (χ4v) is 7.32. The van der Waals surface area contributed by atoms with Gasteiger partial charge in [-0.25, -0.2) is 4.79 Å². The van der Waals surface area contributed by atoms with Gasteiger partial charge in [-0.05, 0) is 66.7 Å². The summed E-state index contributed by atoms with van der Waals surface area (Å²) >= 11 is 0. The molecule has 32 heavy (non-hydrogen) atoms. The molecule has 5 nitrogen and oxygen atoms in total. The molecule has 2 fully saturated rings. The van der Waals surface area contributed by atoms with Crippen LogP contribution in [0.5, 0.6) is 0 Å². The molecule has 1 unspecified atom stereocenters. The second-order valence-corrected chi connectivity index (χ2v) is 11.0. The number of benzene rings is 1. The van der Waals surface area contributed by atoms with Gasteiger partial charge in [-0.3, -0.25) is 4.79 Å². The predicted octanol–water partition coefficient (Wildman–Crippen LogP) is 3.71. The number of rotatable bonds is 2. The van der Waals surface area contributed by atoms with Gasteiger partial charge in [0.2, 0.25) is 0 Å². The average molecular weight is 437 g/mol. The lowest BCUT2D eigenvalue weighted by atomic mass is 9.59. The van der Waals surface area contributed by atoms with E-state index in [1.807, 2.05) is 19.1 Å². The van der Waals surface area contributed by atoms with Gasteiger partial charge in [0.05, 0.1) is 11.0 Å². The van der Waals surface area contributed by atoms with E-state index < -0.39 is 29.2 Å². The monoisotopic (exact) mass is 436 g/mol. The number of aliphatic hydroxyl groups is 2. The number of aliphatic hydroxyl groups excluding tert-OH is 1. The number of allylic oxidation sites excluding steroid dienone is 1. The third-order valence-corrected chi connectivity index (χ3v) is 9.08. The molecule has 8 atom stereocenters. The van der Waals surface area contributed by atoms with Crippen molar-refractivity contribution in [3.8, 4) is 0 Å². The van der Waals surface area contributed by atoms with Gasteiger partial charge < -0.3 is 14.9 Å². The second kappa shape index (κ2) is 6.64. The Bertz CT molecular complexity index is 1050. The summed E-state index contributed by atoms with van der Waals surface area (Å²) in [6, 6.07) is 8.61. The summed E-state index contributed by atoms with van der Waals surface area (Å²) in [7, 11) is 0. The van der Waals surface area contributed by atoms with Crippen molar-refractivity contribution in [2.24, 2.45) is 34.5 Å². The SMILES string of the molecule is CC1=C[C@@H]2C(=O)C3(C=C(C)[C@H](O)[C@@]3(O)[C@@H]1OC(=O)c1ccccc1)[C@H](C)C[C@@H]1[C@H]2C1(C)C. The van der Waals surface area contributed by atoms with Crippen LogP contribution in [0.2, 0.25) is 0 Å². The zero-order valence-electron chi connectivity index (χ0n) is 19.3. The molecule has 0 aromatic heterocycles. The molecule has 2 N–H and O–H groups in total. The molecule has 5 rings (SSSR count). The van der Waals surface area contributed by atoms with Crippen molar-refractivity contribution in [2.75, 3.05) is 0 Å². The first-order chi connectivity index (χ1) is 15.0. The van der Waals surface area contributed by atoms with E-state index in [1.54, 1.807) is 44.2 Å². The highest BCUT2D eigenvalue weighted by Gasteiger charge is 2.76. The molecule has 1 aromatic rings. The van der Waals surface area contributed by atoms with Crippen LogP contribution in [0.25, 0.3) is 0 Å². The zero-order chi connectivity index (χ0) is 23.2. The van der Waals surface area contributed by atoms with Crippen LogP contribution in [0.4, 0.5) is 0 Å². The molecule has 2 saturated carbocycles. The first-order valence-electron chi connectivity index (χ1n) is 11.6. The van der Waals surface area contributed by atoms with Gasteiger partial charge >= 0.3 is 5.97 Å². The minimum atomic E-state index is -1.95. The summed E-state index contributed by atoms with van der Waals surface area (Å²) in [6.45, 7) is 9.95. The van der Waals surface area contributed by atoms with Crippen LogP contribution in [-0.2, 0) is 9.53 Å². The van der Waals surface area contributed by atoms with Gasteiger partial charge in [-0.15, -0.1) is 0 Å². The number of Topliss-reactive ketones (excluding diaryl/α,β-unsaturated/α-hetero) is 1. The molecule has 0 saturated heterocycles. The van der Waals surface area contributed by atoms with Crippen LogP contribution < -0.4 is 0 Å². The molecule has 170 valence electrons. The molecular formula is C27H32O5. The van der Waals surface area contributed by atoms with Crippen molar-refractivity contribution in [1.29, 1.82) is 0 Å². The van der Waals surface area contributed by atoms with E-state index in [9.17, 15) is 19.8 Å². The van der Waals surface area contributed by atoms with E-state index >= 15 is 0 Å². The highest BCUT2D eigenvalue weighted by atomic mass is 16.6. The van der Waals surface area contributed by atoms with E-state index in [0.29, 0.717) is 22.6 Å². The zero-order valence-corrected chi connectivity index (χ0v) is 19.3. The smallest absolute Gasteiger partial charge is 0.338 e.